The molecule has 0 radical (unpaired) electrons. The van der Waals surface area contributed by atoms with E-state index in [4.69, 9.17) is 18.9 Å². The molecule has 3 aromatic heterocycles. The SMILES string of the molecule is COc1ccc(-c2nc(-c3cccc(-n4cc(-c5nc(Nc6ccccc6F)nc(Nc6ccccc6F)n5)nn4)c3)oc2-c2ccc(OC)cc2)cc1. The van der Waals surface area contributed by atoms with Crippen LogP contribution in [-0.4, -0.2) is 49.1 Å². The highest BCUT2D eigenvalue weighted by Gasteiger charge is 2.20. The number of anilines is 4. The van der Waals surface area contributed by atoms with Gasteiger partial charge in [-0.1, -0.05) is 35.5 Å². The Hall–Kier alpha value is -7.48. The van der Waals surface area contributed by atoms with Crippen LogP contribution < -0.4 is 20.1 Å². The van der Waals surface area contributed by atoms with Crippen LogP contribution >= 0.6 is 0 Å². The van der Waals surface area contributed by atoms with E-state index in [1.165, 1.54) is 12.1 Å². The molecule has 0 spiro atoms. The first-order valence-corrected chi connectivity index (χ1v) is 16.6. The second-order valence-electron chi connectivity index (χ2n) is 11.8. The van der Waals surface area contributed by atoms with Gasteiger partial charge in [-0.2, -0.15) is 15.0 Å². The van der Waals surface area contributed by atoms with Gasteiger partial charge < -0.3 is 24.5 Å². The minimum Gasteiger partial charge on any atom is -0.497 e. The smallest absolute Gasteiger partial charge is 0.232 e. The second-order valence-corrected chi connectivity index (χ2v) is 11.8. The number of ether oxygens (including phenoxy) is 2. The van der Waals surface area contributed by atoms with Crippen LogP contribution in [0.2, 0.25) is 0 Å². The van der Waals surface area contributed by atoms with Crippen molar-refractivity contribution in [3.63, 3.8) is 0 Å². The van der Waals surface area contributed by atoms with E-state index < -0.39 is 11.6 Å². The van der Waals surface area contributed by atoms with E-state index in [1.54, 1.807) is 61.5 Å². The number of para-hydroxylation sites is 2. The van der Waals surface area contributed by atoms with Crippen LogP contribution in [0.15, 0.2) is 132 Å². The van der Waals surface area contributed by atoms with Gasteiger partial charge in [-0.25, -0.2) is 18.4 Å². The Morgan fingerprint density at radius 3 is 1.80 bits per heavy atom. The van der Waals surface area contributed by atoms with Crippen molar-refractivity contribution >= 4 is 23.3 Å². The summed E-state index contributed by atoms with van der Waals surface area (Å²) in [4.78, 5) is 18.2. The lowest BCUT2D eigenvalue weighted by Gasteiger charge is -2.10. The van der Waals surface area contributed by atoms with Crippen molar-refractivity contribution in [3.8, 4) is 62.7 Å². The number of oxazole rings is 1. The Balaban J connectivity index is 1.14. The summed E-state index contributed by atoms with van der Waals surface area (Å²) in [6.07, 6.45) is 1.63. The highest BCUT2D eigenvalue weighted by atomic mass is 19.1. The molecule has 14 heteroatoms. The molecule has 0 fully saturated rings. The van der Waals surface area contributed by atoms with Gasteiger partial charge in [0.05, 0.1) is 37.5 Å². The minimum absolute atomic E-state index is 0.00436. The molecule has 54 heavy (non-hydrogen) atoms. The fourth-order valence-corrected chi connectivity index (χ4v) is 5.57. The summed E-state index contributed by atoms with van der Waals surface area (Å²) in [6, 6.07) is 34.8. The first-order chi connectivity index (χ1) is 26.4. The molecule has 8 aromatic rings. The molecule has 0 aliphatic rings. The molecule has 0 atom stereocenters. The number of nitrogens with one attached hydrogen (secondary N) is 2. The summed E-state index contributed by atoms with van der Waals surface area (Å²) in [7, 11) is 3.23. The zero-order valence-electron chi connectivity index (χ0n) is 28.7. The third-order valence-electron chi connectivity index (χ3n) is 8.30. The third-order valence-corrected chi connectivity index (χ3v) is 8.30. The molecule has 3 heterocycles. The van der Waals surface area contributed by atoms with E-state index in [0.717, 1.165) is 22.6 Å². The quantitative estimate of drug-likeness (QED) is 0.132. The normalized spacial score (nSPS) is 11.0. The topological polar surface area (TPSA) is 138 Å². The average Bonchev–Trinajstić information content (AvgIpc) is 3.89. The highest BCUT2D eigenvalue weighted by molar-refractivity contribution is 5.80. The van der Waals surface area contributed by atoms with E-state index in [0.29, 0.717) is 28.6 Å². The van der Waals surface area contributed by atoms with Crippen molar-refractivity contribution in [2.24, 2.45) is 0 Å². The van der Waals surface area contributed by atoms with Crippen LogP contribution in [-0.2, 0) is 0 Å². The summed E-state index contributed by atoms with van der Waals surface area (Å²) >= 11 is 0. The van der Waals surface area contributed by atoms with Gasteiger partial charge in [-0.05, 0) is 91.0 Å². The standard InChI is InChI=1S/C40H29F2N9O3/c1-52-28-18-14-24(15-19-28)35-36(25-16-20-29(53-2)21-17-25)54-38(45-35)26-8-7-9-27(22-26)51-23-34(49-50-51)37-46-39(43-32-12-5-3-10-30(32)41)48-40(47-37)44-33-13-6-4-11-31(33)42/h3-23H,1-2H3,(H2,43,44,46,47,48). The molecular formula is C40H29F2N9O3. The molecule has 0 saturated heterocycles. The Morgan fingerprint density at radius 2 is 1.20 bits per heavy atom. The maximum absolute atomic E-state index is 14.6. The number of nitrogens with zero attached hydrogens (tertiary/aromatic N) is 7. The van der Waals surface area contributed by atoms with Crippen molar-refractivity contribution in [2.45, 2.75) is 0 Å². The van der Waals surface area contributed by atoms with Crippen LogP contribution in [0.5, 0.6) is 11.5 Å². The van der Waals surface area contributed by atoms with E-state index in [1.807, 2.05) is 72.8 Å². The zero-order chi connectivity index (χ0) is 37.0. The Bertz CT molecular complexity index is 2440. The average molecular weight is 722 g/mol. The van der Waals surface area contributed by atoms with Crippen LogP contribution in [0.3, 0.4) is 0 Å². The molecule has 0 aliphatic heterocycles. The fourth-order valence-electron chi connectivity index (χ4n) is 5.57. The highest BCUT2D eigenvalue weighted by Crippen LogP contribution is 2.37. The summed E-state index contributed by atoms with van der Waals surface area (Å²) in [6.45, 7) is 0. The molecule has 0 saturated carbocycles. The molecule has 5 aromatic carbocycles. The monoisotopic (exact) mass is 721 g/mol. The van der Waals surface area contributed by atoms with Crippen molar-refractivity contribution in [1.29, 1.82) is 0 Å². The lowest BCUT2D eigenvalue weighted by Crippen LogP contribution is -2.07. The van der Waals surface area contributed by atoms with Gasteiger partial charge in [0, 0.05) is 16.7 Å². The predicted molar refractivity (Wildman–Crippen MR) is 199 cm³/mol. The van der Waals surface area contributed by atoms with Gasteiger partial charge in [-0.15, -0.1) is 5.10 Å². The molecule has 0 unspecified atom stereocenters. The van der Waals surface area contributed by atoms with E-state index in [-0.39, 0.29) is 34.8 Å². The maximum atomic E-state index is 14.6. The molecule has 0 bridgehead atoms. The maximum Gasteiger partial charge on any atom is 0.232 e. The van der Waals surface area contributed by atoms with Crippen molar-refractivity contribution in [1.82, 2.24) is 34.9 Å². The van der Waals surface area contributed by atoms with Crippen LogP contribution in [0.25, 0.3) is 51.2 Å². The van der Waals surface area contributed by atoms with Gasteiger partial charge >= 0.3 is 0 Å². The number of hydrogen-bond donors (Lipinski definition) is 2. The van der Waals surface area contributed by atoms with E-state index >= 15 is 0 Å². The van der Waals surface area contributed by atoms with Gasteiger partial charge in [0.25, 0.3) is 0 Å². The van der Waals surface area contributed by atoms with Crippen LogP contribution in [0.1, 0.15) is 0 Å². The second kappa shape index (κ2) is 14.6. The van der Waals surface area contributed by atoms with Crippen molar-refractivity contribution < 1.29 is 22.7 Å². The number of methoxy groups -OCH3 is 2. The fraction of sp³-hybridized carbons (Fsp3) is 0.0500. The number of benzene rings is 5. The lowest BCUT2D eigenvalue weighted by molar-refractivity contribution is 0.414. The summed E-state index contributed by atoms with van der Waals surface area (Å²) in [5, 5.41) is 14.4. The molecule has 2 N–H and O–H groups in total. The molecule has 8 rings (SSSR count). The number of aromatic nitrogens is 7. The summed E-state index contributed by atoms with van der Waals surface area (Å²) < 4.78 is 47.8. The number of hydrogen-bond acceptors (Lipinski definition) is 11. The minimum atomic E-state index is -0.507. The zero-order valence-corrected chi connectivity index (χ0v) is 28.7. The molecule has 0 aliphatic carbocycles. The van der Waals surface area contributed by atoms with Crippen LogP contribution in [0.4, 0.5) is 32.1 Å². The lowest BCUT2D eigenvalue weighted by atomic mass is 10.1. The first-order valence-electron chi connectivity index (χ1n) is 16.6. The van der Waals surface area contributed by atoms with Gasteiger partial charge in [-0.3, -0.25) is 0 Å². The number of halogens is 2. The first kappa shape index (κ1) is 33.7. The largest absolute Gasteiger partial charge is 0.497 e. The Morgan fingerprint density at radius 1 is 0.611 bits per heavy atom. The van der Waals surface area contributed by atoms with Gasteiger partial charge in [0.1, 0.15) is 28.8 Å². The van der Waals surface area contributed by atoms with E-state index in [9.17, 15) is 8.78 Å². The number of rotatable bonds is 11. The molecular weight excluding hydrogens is 692 g/mol. The van der Waals surface area contributed by atoms with Crippen molar-refractivity contribution in [2.75, 3.05) is 24.9 Å². The van der Waals surface area contributed by atoms with E-state index in [2.05, 4.69) is 35.9 Å². The molecule has 12 nitrogen and oxygen atoms in total. The summed E-state index contributed by atoms with van der Waals surface area (Å²) in [5.74, 6) is 1.51. The molecule has 0 amide bonds. The Labute approximate surface area is 307 Å². The predicted octanol–water partition coefficient (Wildman–Crippen LogP) is 8.89. The third kappa shape index (κ3) is 7.03. The van der Waals surface area contributed by atoms with Gasteiger partial charge in [0.2, 0.25) is 17.8 Å². The molecule has 266 valence electrons. The van der Waals surface area contributed by atoms with Gasteiger partial charge in [0.15, 0.2) is 17.3 Å². The summed E-state index contributed by atoms with van der Waals surface area (Å²) in [5.41, 5.74) is 4.21. The van der Waals surface area contributed by atoms with Crippen molar-refractivity contribution in [3.05, 3.63) is 139 Å². The Kier molecular flexibility index (Phi) is 9.12. The van der Waals surface area contributed by atoms with Crippen LogP contribution in [0, 0.1) is 11.6 Å².